The topological polar surface area (TPSA) is 64.3 Å². The molecule has 2 rings (SSSR count). The summed E-state index contributed by atoms with van der Waals surface area (Å²) in [6.45, 7) is 4.50. The fourth-order valence-electron chi connectivity index (χ4n) is 2.54. The molecule has 4 nitrogen and oxygen atoms in total. The Morgan fingerprint density at radius 3 is 2.56 bits per heavy atom. The standard InChI is InChI=1S/C14H20N2O2/c1-13(2)10-14(12(15)17,8-9-18-13)16-11-6-4-3-5-7-11/h3-7,16H,8-10H2,1-2H3,(H2,15,17). The van der Waals surface area contributed by atoms with Gasteiger partial charge in [-0.25, -0.2) is 0 Å². The highest BCUT2D eigenvalue weighted by molar-refractivity contribution is 5.88. The summed E-state index contributed by atoms with van der Waals surface area (Å²) in [6.07, 6.45) is 1.17. The monoisotopic (exact) mass is 248 g/mol. The number of carbonyl (C=O) groups is 1. The number of nitrogens with two attached hydrogens (primary N) is 1. The maximum Gasteiger partial charge on any atom is 0.243 e. The van der Waals surface area contributed by atoms with E-state index in [9.17, 15) is 4.79 Å². The Labute approximate surface area is 108 Å². The first kappa shape index (κ1) is 12.9. The maximum atomic E-state index is 11.9. The zero-order chi connectivity index (χ0) is 13.2. The molecule has 0 aliphatic carbocycles. The largest absolute Gasteiger partial charge is 0.375 e. The number of carbonyl (C=O) groups excluding carboxylic acids is 1. The van der Waals surface area contributed by atoms with Crippen molar-refractivity contribution in [3.63, 3.8) is 0 Å². The summed E-state index contributed by atoms with van der Waals surface area (Å²) >= 11 is 0. The van der Waals surface area contributed by atoms with Crippen LogP contribution in [-0.4, -0.2) is 23.7 Å². The van der Waals surface area contributed by atoms with Crippen molar-refractivity contribution >= 4 is 11.6 Å². The van der Waals surface area contributed by atoms with Gasteiger partial charge in [-0.3, -0.25) is 4.79 Å². The number of hydrogen-bond acceptors (Lipinski definition) is 3. The molecular weight excluding hydrogens is 228 g/mol. The molecule has 3 N–H and O–H groups in total. The molecule has 0 radical (unpaired) electrons. The summed E-state index contributed by atoms with van der Waals surface area (Å²) in [4.78, 5) is 11.9. The van der Waals surface area contributed by atoms with Gasteiger partial charge in [0.05, 0.1) is 12.2 Å². The van der Waals surface area contributed by atoms with E-state index in [0.29, 0.717) is 19.4 Å². The minimum atomic E-state index is -0.719. The second kappa shape index (κ2) is 4.61. The first-order chi connectivity index (χ1) is 8.44. The minimum Gasteiger partial charge on any atom is -0.375 e. The van der Waals surface area contributed by atoms with E-state index in [1.165, 1.54) is 0 Å². The van der Waals surface area contributed by atoms with Gasteiger partial charge in [-0.1, -0.05) is 18.2 Å². The lowest BCUT2D eigenvalue weighted by Gasteiger charge is -2.43. The second-order valence-corrected chi connectivity index (χ2v) is 5.47. The highest BCUT2D eigenvalue weighted by Gasteiger charge is 2.45. The quantitative estimate of drug-likeness (QED) is 0.858. The highest BCUT2D eigenvalue weighted by atomic mass is 16.5. The Bertz CT molecular complexity index is 431. The average molecular weight is 248 g/mol. The Hall–Kier alpha value is -1.55. The molecule has 18 heavy (non-hydrogen) atoms. The van der Waals surface area contributed by atoms with Crippen molar-refractivity contribution in [1.82, 2.24) is 0 Å². The van der Waals surface area contributed by atoms with Crippen LogP contribution in [0.4, 0.5) is 5.69 Å². The maximum absolute atomic E-state index is 11.9. The van der Waals surface area contributed by atoms with Gasteiger partial charge in [0.25, 0.3) is 0 Å². The molecule has 0 bridgehead atoms. The third kappa shape index (κ3) is 2.64. The van der Waals surface area contributed by atoms with Gasteiger partial charge in [0, 0.05) is 18.5 Å². The fraction of sp³-hybridized carbons (Fsp3) is 0.500. The van der Waals surface area contributed by atoms with Gasteiger partial charge in [0.15, 0.2) is 0 Å². The van der Waals surface area contributed by atoms with Gasteiger partial charge in [-0.2, -0.15) is 0 Å². The zero-order valence-corrected chi connectivity index (χ0v) is 10.9. The minimum absolute atomic E-state index is 0.317. The van der Waals surface area contributed by atoms with E-state index in [-0.39, 0.29) is 11.5 Å². The van der Waals surface area contributed by atoms with Crippen LogP contribution in [0.15, 0.2) is 30.3 Å². The lowest BCUT2D eigenvalue weighted by molar-refractivity contribution is -0.133. The predicted molar refractivity (Wildman–Crippen MR) is 71.3 cm³/mol. The number of amides is 1. The summed E-state index contributed by atoms with van der Waals surface area (Å²) in [5.41, 5.74) is 5.47. The van der Waals surface area contributed by atoms with E-state index in [4.69, 9.17) is 10.5 Å². The molecule has 1 atom stereocenters. The van der Waals surface area contributed by atoms with Crippen LogP contribution in [0.3, 0.4) is 0 Å². The molecule has 1 amide bonds. The average Bonchev–Trinajstić information content (AvgIpc) is 2.28. The summed E-state index contributed by atoms with van der Waals surface area (Å²) in [6, 6.07) is 9.68. The zero-order valence-electron chi connectivity index (χ0n) is 10.9. The van der Waals surface area contributed by atoms with Crippen molar-refractivity contribution in [2.24, 2.45) is 5.73 Å². The lowest BCUT2D eigenvalue weighted by atomic mass is 9.80. The normalized spacial score (nSPS) is 26.6. The number of anilines is 1. The van der Waals surface area contributed by atoms with Gasteiger partial charge in [-0.05, 0) is 26.0 Å². The summed E-state index contributed by atoms with van der Waals surface area (Å²) in [7, 11) is 0. The fourth-order valence-corrected chi connectivity index (χ4v) is 2.54. The van der Waals surface area contributed by atoms with Gasteiger partial charge in [0.2, 0.25) is 5.91 Å². The molecule has 1 saturated heterocycles. The molecule has 0 spiro atoms. The Morgan fingerprint density at radius 2 is 2.00 bits per heavy atom. The molecule has 1 aromatic rings. The highest BCUT2D eigenvalue weighted by Crippen LogP contribution is 2.34. The van der Waals surface area contributed by atoms with Crippen LogP contribution < -0.4 is 11.1 Å². The van der Waals surface area contributed by atoms with Crippen molar-refractivity contribution in [3.8, 4) is 0 Å². The van der Waals surface area contributed by atoms with Gasteiger partial charge in [-0.15, -0.1) is 0 Å². The first-order valence-electron chi connectivity index (χ1n) is 6.21. The van der Waals surface area contributed by atoms with Crippen LogP contribution in [0.1, 0.15) is 26.7 Å². The van der Waals surface area contributed by atoms with Crippen LogP contribution >= 0.6 is 0 Å². The first-order valence-corrected chi connectivity index (χ1v) is 6.21. The molecular formula is C14H20N2O2. The molecule has 4 heteroatoms. The predicted octanol–water partition coefficient (Wildman–Crippen LogP) is 1.91. The van der Waals surface area contributed by atoms with Gasteiger partial charge in [0.1, 0.15) is 5.54 Å². The summed E-state index contributed by atoms with van der Waals surface area (Å²) < 4.78 is 5.66. The third-order valence-electron chi connectivity index (χ3n) is 3.38. The number of ether oxygens (including phenoxy) is 1. The summed E-state index contributed by atoms with van der Waals surface area (Å²) in [5, 5.41) is 3.29. The number of hydrogen-bond donors (Lipinski definition) is 2. The molecule has 1 unspecified atom stereocenters. The number of nitrogens with one attached hydrogen (secondary N) is 1. The number of rotatable bonds is 3. The second-order valence-electron chi connectivity index (χ2n) is 5.47. The van der Waals surface area contributed by atoms with Crippen molar-refractivity contribution < 1.29 is 9.53 Å². The SMILES string of the molecule is CC1(C)CC(Nc2ccccc2)(C(N)=O)CCO1. The molecule has 1 aliphatic rings. The van der Waals surface area contributed by atoms with E-state index in [1.54, 1.807) is 0 Å². The number of para-hydroxylation sites is 1. The van der Waals surface area contributed by atoms with E-state index < -0.39 is 5.54 Å². The molecule has 1 aromatic carbocycles. The van der Waals surface area contributed by atoms with E-state index >= 15 is 0 Å². The summed E-state index contributed by atoms with van der Waals surface area (Å²) in [5.74, 6) is -0.317. The van der Waals surface area contributed by atoms with Gasteiger partial charge < -0.3 is 15.8 Å². The molecule has 0 saturated carbocycles. The van der Waals surface area contributed by atoms with Crippen LogP contribution in [0.5, 0.6) is 0 Å². The van der Waals surface area contributed by atoms with Crippen molar-refractivity contribution in [1.29, 1.82) is 0 Å². The molecule has 0 aromatic heterocycles. The third-order valence-corrected chi connectivity index (χ3v) is 3.38. The van der Waals surface area contributed by atoms with E-state index in [2.05, 4.69) is 5.32 Å². The molecule has 1 fully saturated rings. The van der Waals surface area contributed by atoms with Gasteiger partial charge >= 0.3 is 0 Å². The molecule has 1 heterocycles. The van der Waals surface area contributed by atoms with Crippen molar-refractivity contribution in [2.75, 3.05) is 11.9 Å². The van der Waals surface area contributed by atoms with Crippen molar-refractivity contribution in [2.45, 2.75) is 37.8 Å². The molecule has 98 valence electrons. The Kier molecular flexibility index (Phi) is 3.30. The van der Waals surface area contributed by atoms with Crippen LogP contribution in [0, 0.1) is 0 Å². The van der Waals surface area contributed by atoms with Crippen molar-refractivity contribution in [3.05, 3.63) is 30.3 Å². The van der Waals surface area contributed by atoms with E-state index in [0.717, 1.165) is 5.69 Å². The Balaban J connectivity index is 2.25. The smallest absolute Gasteiger partial charge is 0.243 e. The van der Waals surface area contributed by atoms with E-state index in [1.807, 2.05) is 44.2 Å². The lowest BCUT2D eigenvalue weighted by Crippen LogP contribution is -2.58. The Morgan fingerprint density at radius 1 is 1.33 bits per heavy atom. The number of benzene rings is 1. The number of primary amides is 1. The van der Waals surface area contributed by atoms with Crippen LogP contribution in [-0.2, 0) is 9.53 Å². The van der Waals surface area contributed by atoms with Crippen LogP contribution in [0.25, 0.3) is 0 Å². The molecule has 1 aliphatic heterocycles. The van der Waals surface area contributed by atoms with Crippen LogP contribution in [0.2, 0.25) is 0 Å².